The highest BCUT2D eigenvalue weighted by molar-refractivity contribution is 5.07. The van der Waals surface area contributed by atoms with Crippen LogP contribution in [0.3, 0.4) is 0 Å². The summed E-state index contributed by atoms with van der Waals surface area (Å²) in [5.74, 6) is 3.67. The van der Waals surface area contributed by atoms with Crippen molar-refractivity contribution in [3.63, 3.8) is 0 Å². The first-order valence-corrected chi connectivity index (χ1v) is 6.36. The third kappa shape index (κ3) is 1.05. The lowest BCUT2D eigenvalue weighted by atomic mass is 9.45. The van der Waals surface area contributed by atoms with Gasteiger partial charge < -0.3 is 5.73 Å². The summed E-state index contributed by atoms with van der Waals surface area (Å²) in [6, 6.07) is 0.554. The molecule has 0 aromatic carbocycles. The van der Waals surface area contributed by atoms with Crippen LogP contribution in [0, 0.1) is 29.1 Å². The Hall–Kier alpha value is -0.0400. The molecular weight excluding hydrogens is 170 g/mol. The molecule has 4 aliphatic rings. The molecule has 2 N–H and O–H groups in total. The van der Waals surface area contributed by atoms with Crippen molar-refractivity contribution in [3.05, 3.63) is 0 Å². The smallest absolute Gasteiger partial charge is 0.00962 e. The van der Waals surface area contributed by atoms with E-state index in [1.807, 2.05) is 0 Å². The van der Waals surface area contributed by atoms with E-state index in [2.05, 4.69) is 13.8 Å². The molecule has 1 nitrogen and oxygen atoms in total. The Kier molecular flexibility index (Phi) is 1.81. The van der Waals surface area contributed by atoms with Gasteiger partial charge in [0.25, 0.3) is 0 Å². The van der Waals surface area contributed by atoms with E-state index < -0.39 is 0 Å². The topological polar surface area (TPSA) is 26.0 Å². The number of nitrogens with two attached hydrogens (primary N) is 1. The van der Waals surface area contributed by atoms with E-state index in [1.165, 1.54) is 32.1 Å². The van der Waals surface area contributed by atoms with Crippen molar-refractivity contribution < 1.29 is 0 Å². The highest BCUT2D eigenvalue weighted by Crippen LogP contribution is 2.62. The predicted octanol–water partition coefficient (Wildman–Crippen LogP) is 2.80. The average molecular weight is 193 g/mol. The van der Waals surface area contributed by atoms with Crippen molar-refractivity contribution in [2.24, 2.45) is 34.8 Å². The molecule has 2 unspecified atom stereocenters. The standard InChI is InChI=1S/C13H23N/c1-8(2)13-5-9-3-10(6-13)12(14)11(4-9)7-13/h8-12H,3-7,14H2,1-2H3/t9?,10-,11+,12?,13-. The molecule has 0 saturated heterocycles. The van der Waals surface area contributed by atoms with Crippen LogP contribution in [0.1, 0.15) is 46.0 Å². The third-order valence-electron chi connectivity index (χ3n) is 5.62. The van der Waals surface area contributed by atoms with E-state index in [0.29, 0.717) is 11.5 Å². The zero-order valence-corrected chi connectivity index (χ0v) is 9.50. The molecule has 0 aromatic rings. The molecule has 0 heterocycles. The summed E-state index contributed by atoms with van der Waals surface area (Å²) in [5.41, 5.74) is 7.03. The fourth-order valence-electron chi connectivity index (χ4n) is 4.83. The second kappa shape index (κ2) is 2.75. The van der Waals surface area contributed by atoms with Gasteiger partial charge in [0.15, 0.2) is 0 Å². The zero-order chi connectivity index (χ0) is 9.92. The van der Waals surface area contributed by atoms with Crippen LogP contribution in [0.15, 0.2) is 0 Å². The number of rotatable bonds is 1. The van der Waals surface area contributed by atoms with Gasteiger partial charge >= 0.3 is 0 Å². The van der Waals surface area contributed by atoms with Crippen molar-refractivity contribution in [1.82, 2.24) is 0 Å². The molecule has 4 aliphatic carbocycles. The normalized spacial score (nSPS) is 55.7. The van der Waals surface area contributed by atoms with E-state index in [9.17, 15) is 0 Å². The van der Waals surface area contributed by atoms with Crippen LogP contribution < -0.4 is 5.73 Å². The quantitative estimate of drug-likeness (QED) is 0.681. The lowest BCUT2D eigenvalue weighted by Crippen LogP contribution is -2.58. The highest BCUT2D eigenvalue weighted by atomic mass is 14.8. The van der Waals surface area contributed by atoms with Gasteiger partial charge in [-0.2, -0.15) is 0 Å². The van der Waals surface area contributed by atoms with Gasteiger partial charge in [-0.3, -0.25) is 0 Å². The predicted molar refractivity (Wildman–Crippen MR) is 58.8 cm³/mol. The molecule has 5 atom stereocenters. The molecule has 0 spiro atoms. The van der Waals surface area contributed by atoms with Gasteiger partial charge in [0.05, 0.1) is 0 Å². The second-order valence-corrected chi connectivity index (χ2v) is 6.56. The molecule has 4 fully saturated rings. The van der Waals surface area contributed by atoms with Crippen LogP contribution in [0.5, 0.6) is 0 Å². The van der Waals surface area contributed by atoms with Crippen LogP contribution in [-0.2, 0) is 0 Å². The lowest BCUT2D eigenvalue weighted by Gasteiger charge is -2.61. The van der Waals surface area contributed by atoms with Gasteiger partial charge in [-0.25, -0.2) is 0 Å². The third-order valence-corrected chi connectivity index (χ3v) is 5.62. The Labute approximate surface area is 87.4 Å². The van der Waals surface area contributed by atoms with Gasteiger partial charge in [0, 0.05) is 6.04 Å². The summed E-state index contributed by atoms with van der Waals surface area (Å²) >= 11 is 0. The van der Waals surface area contributed by atoms with Crippen LogP contribution >= 0.6 is 0 Å². The fourth-order valence-corrected chi connectivity index (χ4v) is 4.83. The highest BCUT2D eigenvalue weighted by Gasteiger charge is 2.55. The van der Waals surface area contributed by atoms with Crippen molar-refractivity contribution in [2.75, 3.05) is 0 Å². The monoisotopic (exact) mass is 193 g/mol. The van der Waals surface area contributed by atoms with Crippen molar-refractivity contribution >= 4 is 0 Å². The van der Waals surface area contributed by atoms with Crippen molar-refractivity contribution in [1.29, 1.82) is 0 Å². The van der Waals surface area contributed by atoms with Crippen LogP contribution in [0.2, 0.25) is 0 Å². The fraction of sp³-hybridized carbons (Fsp3) is 1.00. The minimum absolute atomic E-state index is 0.554. The summed E-state index contributed by atoms with van der Waals surface area (Å²) in [6.45, 7) is 4.86. The van der Waals surface area contributed by atoms with Gasteiger partial charge in [-0.15, -0.1) is 0 Å². The summed E-state index contributed by atoms with van der Waals surface area (Å²) < 4.78 is 0. The Morgan fingerprint density at radius 1 is 1.07 bits per heavy atom. The molecule has 0 amide bonds. The first kappa shape index (κ1) is 9.21. The van der Waals surface area contributed by atoms with E-state index in [4.69, 9.17) is 5.73 Å². The van der Waals surface area contributed by atoms with Crippen LogP contribution in [0.25, 0.3) is 0 Å². The molecule has 14 heavy (non-hydrogen) atoms. The Balaban J connectivity index is 1.92. The molecule has 0 radical (unpaired) electrons. The summed E-state index contributed by atoms with van der Waals surface area (Å²) in [5, 5.41) is 0. The molecule has 1 heteroatoms. The molecule has 4 rings (SSSR count). The maximum atomic E-state index is 6.33. The second-order valence-electron chi connectivity index (χ2n) is 6.56. The molecule has 4 bridgehead atoms. The van der Waals surface area contributed by atoms with E-state index in [1.54, 1.807) is 0 Å². The first-order chi connectivity index (χ1) is 6.61. The lowest BCUT2D eigenvalue weighted by molar-refractivity contribution is -0.0910. The van der Waals surface area contributed by atoms with Crippen molar-refractivity contribution in [3.8, 4) is 0 Å². The Morgan fingerprint density at radius 2 is 1.64 bits per heavy atom. The maximum absolute atomic E-state index is 6.33. The van der Waals surface area contributed by atoms with Gasteiger partial charge in [0.1, 0.15) is 0 Å². The summed E-state index contributed by atoms with van der Waals surface area (Å²) in [7, 11) is 0. The molecule has 80 valence electrons. The van der Waals surface area contributed by atoms with Crippen LogP contribution in [-0.4, -0.2) is 6.04 Å². The average Bonchev–Trinajstić information content (AvgIpc) is 2.12. The van der Waals surface area contributed by atoms with Gasteiger partial charge in [-0.1, -0.05) is 13.8 Å². The molecule has 4 saturated carbocycles. The van der Waals surface area contributed by atoms with Gasteiger partial charge in [-0.05, 0) is 61.2 Å². The Bertz CT molecular complexity index is 230. The number of hydrogen-bond acceptors (Lipinski definition) is 1. The van der Waals surface area contributed by atoms with E-state index >= 15 is 0 Å². The minimum atomic E-state index is 0.554. The molecular formula is C13H23N. The SMILES string of the molecule is CC(C)[C@]12CC3C[C@H](C1)C(N)[C@@H](C3)C2. The van der Waals surface area contributed by atoms with Gasteiger partial charge in [0.2, 0.25) is 0 Å². The summed E-state index contributed by atoms with van der Waals surface area (Å²) in [4.78, 5) is 0. The van der Waals surface area contributed by atoms with E-state index in [-0.39, 0.29) is 0 Å². The summed E-state index contributed by atoms with van der Waals surface area (Å²) in [6.07, 6.45) is 7.31. The number of hydrogen-bond donors (Lipinski definition) is 1. The molecule has 0 aliphatic heterocycles. The zero-order valence-electron chi connectivity index (χ0n) is 9.50. The Morgan fingerprint density at radius 3 is 2.14 bits per heavy atom. The largest absolute Gasteiger partial charge is 0.327 e. The van der Waals surface area contributed by atoms with Crippen molar-refractivity contribution in [2.45, 2.75) is 52.0 Å². The van der Waals surface area contributed by atoms with E-state index in [0.717, 1.165) is 23.7 Å². The van der Waals surface area contributed by atoms with Crippen LogP contribution in [0.4, 0.5) is 0 Å². The maximum Gasteiger partial charge on any atom is 0.00962 e. The molecule has 0 aromatic heterocycles. The minimum Gasteiger partial charge on any atom is -0.327 e. The first-order valence-electron chi connectivity index (χ1n) is 6.36.